The molecule has 0 bridgehead atoms. The number of hydrogen-bond acceptors (Lipinski definition) is 6. The van der Waals surface area contributed by atoms with E-state index in [1.165, 1.54) is 36.4 Å². The minimum Gasteiger partial charge on any atom is -0.456 e. The molecule has 8 nitrogen and oxygen atoms in total. The van der Waals surface area contributed by atoms with Crippen LogP contribution in [0.2, 0.25) is 0 Å². The van der Waals surface area contributed by atoms with E-state index in [0.717, 1.165) is 0 Å². The molecule has 2 aromatic carbocycles. The summed E-state index contributed by atoms with van der Waals surface area (Å²) in [5.74, 6) is 0.270. The number of hydrogen-bond donors (Lipinski definition) is 1. The highest BCUT2D eigenvalue weighted by molar-refractivity contribution is 9.10. The number of nitro benzene ring substituents is 2. The molecule has 0 saturated heterocycles. The van der Waals surface area contributed by atoms with Gasteiger partial charge in [-0.15, -0.1) is 0 Å². The van der Waals surface area contributed by atoms with Crippen molar-refractivity contribution in [3.05, 3.63) is 61.1 Å². The summed E-state index contributed by atoms with van der Waals surface area (Å²) in [6.07, 6.45) is 0. The standard InChI is InChI=1S/C12H8BrN3O5/c13-12-10(16(19)20)2-1-3-11(12)21-9-5-7(14)4-8(6-9)15(17)18/h1-6H,14H2. The van der Waals surface area contributed by atoms with Crippen LogP contribution < -0.4 is 10.5 Å². The Hall–Kier alpha value is -2.68. The van der Waals surface area contributed by atoms with Crippen LogP contribution in [0.25, 0.3) is 0 Å². The highest BCUT2D eigenvalue weighted by Gasteiger charge is 2.17. The zero-order valence-electron chi connectivity index (χ0n) is 10.4. The molecule has 0 aromatic heterocycles. The van der Waals surface area contributed by atoms with E-state index in [1.54, 1.807) is 0 Å². The van der Waals surface area contributed by atoms with Crippen molar-refractivity contribution in [2.75, 3.05) is 5.73 Å². The molecule has 0 unspecified atom stereocenters. The summed E-state index contributed by atoms with van der Waals surface area (Å²) in [5, 5.41) is 21.6. The summed E-state index contributed by atoms with van der Waals surface area (Å²) < 4.78 is 5.57. The third-order valence-corrected chi connectivity index (χ3v) is 3.29. The maximum absolute atomic E-state index is 10.8. The van der Waals surface area contributed by atoms with Crippen LogP contribution >= 0.6 is 15.9 Å². The van der Waals surface area contributed by atoms with Gasteiger partial charge in [0.2, 0.25) is 0 Å². The predicted molar refractivity (Wildman–Crippen MR) is 78.4 cm³/mol. The quantitative estimate of drug-likeness (QED) is 0.508. The van der Waals surface area contributed by atoms with Gasteiger partial charge in [0.05, 0.1) is 15.9 Å². The largest absolute Gasteiger partial charge is 0.456 e. The molecule has 0 heterocycles. The average molecular weight is 354 g/mol. The lowest BCUT2D eigenvalue weighted by Crippen LogP contribution is -1.95. The van der Waals surface area contributed by atoms with Crippen LogP contribution in [0.1, 0.15) is 0 Å². The first-order valence-corrected chi connectivity index (χ1v) is 6.33. The fraction of sp³-hybridized carbons (Fsp3) is 0. The van der Waals surface area contributed by atoms with Gasteiger partial charge in [-0.2, -0.15) is 0 Å². The molecular weight excluding hydrogens is 346 g/mol. The van der Waals surface area contributed by atoms with E-state index in [1.807, 2.05) is 0 Å². The van der Waals surface area contributed by atoms with E-state index in [-0.39, 0.29) is 33.0 Å². The zero-order valence-corrected chi connectivity index (χ0v) is 11.9. The zero-order chi connectivity index (χ0) is 15.6. The molecule has 0 aliphatic heterocycles. The molecule has 21 heavy (non-hydrogen) atoms. The van der Waals surface area contributed by atoms with Crippen LogP contribution in [0.4, 0.5) is 17.1 Å². The Balaban J connectivity index is 2.41. The second-order valence-corrected chi connectivity index (χ2v) is 4.76. The molecule has 0 atom stereocenters. The minimum absolute atomic E-state index is 0.114. The van der Waals surface area contributed by atoms with E-state index in [0.29, 0.717) is 0 Å². The number of nitro groups is 2. The van der Waals surface area contributed by atoms with Crippen LogP contribution in [-0.2, 0) is 0 Å². The maximum Gasteiger partial charge on any atom is 0.287 e. The van der Waals surface area contributed by atoms with Crippen molar-refractivity contribution in [2.24, 2.45) is 0 Å². The summed E-state index contributed by atoms with van der Waals surface area (Å²) in [6.45, 7) is 0. The Labute approximate surface area is 126 Å². The molecule has 2 rings (SSSR count). The first kappa shape index (κ1) is 14.7. The van der Waals surface area contributed by atoms with Crippen molar-refractivity contribution in [2.45, 2.75) is 0 Å². The number of nitrogens with two attached hydrogens (primary N) is 1. The first-order chi connectivity index (χ1) is 9.88. The van der Waals surface area contributed by atoms with E-state index >= 15 is 0 Å². The van der Waals surface area contributed by atoms with Crippen molar-refractivity contribution in [3.8, 4) is 11.5 Å². The molecule has 2 aromatic rings. The van der Waals surface area contributed by atoms with Crippen LogP contribution in [0, 0.1) is 20.2 Å². The number of anilines is 1. The maximum atomic E-state index is 10.8. The summed E-state index contributed by atoms with van der Waals surface area (Å²) in [6, 6.07) is 8.00. The number of halogens is 1. The average Bonchev–Trinajstić information content (AvgIpc) is 2.40. The molecule has 9 heteroatoms. The van der Waals surface area contributed by atoms with E-state index < -0.39 is 9.85 Å². The van der Waals surface area contributed by atoms with Gasteiger partial charge in [0.25, 0.3) is 11.4 Å². The van der Waals surface area contributed by atoms with Gasteiger partial charge >= 0.3 is 0 Å². The molecule has 108 valence electrons. The Morgan fingerprint density at radius 1 is 1.10 bits per heavy atom. The van der Waals surface area contributed by atoms with Crippen LogP contribution in [0.3, 0.4) is 0 Å². The van der Waals surface area contributed by atoms with Crippen molar-refractivity contribution in [1.29, 1.82) is 0 Å². The number of rotatable bonds is 4. The molecule has 0 aliphatic carbocycles. The van der Waals surface area contributed by atoms with Gasteiger partial charge in [0.15, 0.2) is 0 Å². The number of benzene rings is 2. The van der Waals surface area contributed by atoms with Gasteiger partial charge in [0, 0.05) is 23.9 Å². The van der Waals surface area contributed by atoms with E-state index in [9.17, 15) is 20.2 Å². The molecule has 0 amide bonds. The van der Waals surface area contributed by atoms with Gasteiger partial charge < -0.3 is 10.5 Å². The summed E-state index contributed by atoms with van der Waals surface area (Å²) >= 11 is 3.07. The number of nitrogen functional groups attached to an aromatic ring is 1. The monoisotopic (exact) mass is 353 g/mol. The molecule has 0 fully saturated rings. The summed E-state index contributed by atoms with van der Waals surface area (Å²) in [5.41, 5.74) is 5.31. The van der Waals surface area contributed by atoms with Gasteiger partial charge in [0.1, 0.15) is 16.0 Å². The smallest absolute Gasteiger partial charge is 0.287 e. The first-order valence-electron chi connectivity index (χ1n) is 5.54. The number of ether oxygens (including phenoxy) is 1. The normalized spacial score (nSPS) is 10.1. The second kappa shape index (κ2) is 5.75. The van der Waals surface area contributed by atoms with E-state index in [2.05, 4.69) is 15.9 Å². The van der Waals surface area contributed by atoms with Crippen molar-refractivity contribution in [3.63, 3.8) is 0 Å². The van der Waals surface area contributed by atoms with Crippen LogP contribution in [0.5, 0.6) is 11.5 Å². The lowest BCUT2D eigenvalue weighted by atomic mass is 10.2. The van der Waals surface area contributed by atoms with Gasteiger partial charge in [-0.05, 0) is 22.0 Å². The predicted octanol–water partition coefficient (Wildman–Crippen LogP) is 3.64. The summed E-state index contributed by atoms with van der Waals surface area (Å²) in [4.78, 5) is 20.4. The van der Waals surface area contributed by atoms with Gasteiger partial charge in [-0.25, -0.2) is 0 Å². The number of non-ortho nitro benzene ring substituents is 1. The lowest BCUT2D eigenvalue weighted by molar-refractivity contribution is -0.385. The molecule has 0 aliphatic rings. The molecule has 0 saturated carbocycles. The topological polar surface area (TPSA) is 122 Å². The van der Waals surface area contributed by atoms with Crippen molar-refractivity contribution in [1.82, 2.24) is 0 Å². The Kier molecular flexibility index (Phi) is 4.03. The minimum atomic E-state index is -0.605. The summed E-state index contributed by atoms with van der Waals surface area (Å²) in [7, 11) is 0. The Morgan fingerprint density at radius 2 is 1.81 bits per heavy atom. The van der Waals surface area contributed by atoms with Gasteiger partial charge in [-0.1, -0.05) is 6.07 Å². The van der Waals surface area contributed by atoms with E-state index in [4.69, 9.17) is 10.5 Å². The van der Waals surface area contributed by atoms with Crippen molar-refractivity contribution >= 4 is 33.0 Å². The SMILES string of the molecule is Nc1cc(Oc2cccc([N+](=O)[O-])c2Br)cc([N+](=O)[O-])c1. The second-order valence-electron chi connectivity index (χ2n) is 3.97. The third-order valence-electron chi connectivity index (χ3n) is 2.49. The van der Waals surface area contributed by atoms with Crippen LogP contribution in [-0.4, -0.2) is 9.85 Å². The Morgan fingerprint density at radius 3 is 2.43 bits per heavy atom. The fourth-order valence-electron chi connectivity index (χ4n) is 1.62. The Bertz CT molecular complexity index is 735. The molecular formula is C12H8BrN3O5. The fourth-order valence-corrected chi connectivity index (χ4v) is 2.11. The third kappa shape index (κ3) is 3.26. The highest BCUT2D eigenvalue weighted by Crippen LogP contribution is 2.37. The lowest BCUT2D eigenvalue weighted by Gasteiger charge is -2.08. The molecule has 2 N–H and O–H groups in total. The molecule has 0 spiro atoms. The van der Waals surface area contributed by atoms with Gasteiger partial charge in [-0.3, -0.25) is 20.2 Å². The number of nitrogens with zero attached hydrogens (tertiary/aromatic N) is 2. The highest BCUT2D eigenvalue weighted by atomic mass is 79.9. The molecule has 0 radical (unpaired) electrons. The van der Waals surface area contributed by atoms with Crippen molar-refractivity contribution < 1.29 is 14.6 Å². The van der Waals surface area contributed by atoms with Crippen LogP contribution in [0.15, 0.2) is 40.9 Å².